The fraction of sp³-hybridized carbons (Fsp3) is 0.0556. The molecule has 0 saturated carbocycles. The maximum Gasteiger partial charge on any atom is 0.262 e. The van der Waals surface area contributed by atoms with E-state index in [2.05, 4.69) is 15.6 Å². The first-order chi connectivity index (χ1) is 11.5. The number of nitrogens with one attached hydrogen (secondary N) is 1. The van der Waals surface area contributed by atoms with Crippen LogP contribution in [0.4, 0.5) is 5.69 Å². The number of anilines is 1. The Labute approximate surface area is 140 Å². The van der Waals surface area contributed by atoms with Gasteiger partial charge in [0.1, 0.15) is 11.3 Å². The third-order valence-corrected chi connectivity index (χ3v) is 4.92. The third-order valence-electron chi connectivity index (χ3n) is 3.48. The van der Waals surface area contributed by atoms with Crippen LogP contribution in [0.5, 0.6) is 5.75 Å². The van der Waals surface area contributed by atoms with Crippen LogP contribution in [0.2, 0.25) is 0 Å². The zero-order valence-electron chi connectivity index (χ0n) is 12.9. The van der Waals surface area contributed by atoms with Crippen molar-refractivity contribution in [3.8, 4) is 18.1 Å². The van der Waals surface area contributed by atoms with Crippen molar-refractivity contribution in [2.45, 2.75) is 4.90 Å². The summed E-state index contributed by atoms with van der Waals surface area (Å²) in [5, 5.41) is 0.484. The summed E-state index contributed by atoms with van der Waals surface area (Å²) in [5.41, 5.74) is 1.48. The molecular formula is C18H14N2O3S. The number of hydrogen-bond acceptors (Lipinski definition) is 4. The van der Waals surface area contributed by atoms with Gasteiger partial charge in [-0.25, -0.2) is 8.42 Å². The van der Waals surface area contributed by atoms with E-state index in [1.807, 2.05) is 0 Å². The predicted octanol–water partition coefficient (Wildman–Crippen LogP) is 3.03. The molecular weight excluding hydrogens is 324 g/mol. The van der Waals surface area contributed by atoms with Gasteiger partial charge in [0, 0.05) is 17.1 Å². The molecule has 0 spiro atoms. The molecule has 0 radical (unpaired) electrons. The van der Waals surface area contributed by atoms with E-state index in [0.29, 0.717) is 27.9 Å². The van der Waals surface area contributed by atoms with Crippen LogP contribution in [0.1, 0.15) is 5.56 Å². The van der Waals surface area contributed by atoms with Crippen LogP contribution in [0, 0.1) is 12.3 Å². The van der Waals surface area contributed by atoms with E-state index in [1.165, 1.54) is 13.2 Å². The molecule has 3 rings (SSSR count). The maximum atomic E-state index is 12.8. The van der Waals surface area contributed by atoms with Crippen LogP contribution >= 0.6 is 0 Å². The van der Waals surface area contributed by atoms with E-state index >= 15 is 0 Å². The van der Waals surface area contributed by atoms with Crippen LogP contribution < -0.4 is 9.46 Å². The summed E-state index contributed by atoms with van der Waals surface area (Å²) in [7, 11) is -2.29. The lowest BCUT2D eigenvalue weighted by Crippen LogP contribution is -2.13. The Hall–Kier alpha value is -3.04. The van der Waals surface area contributed by atoms with Crippen molar-refractivity contribution < 1.29 is 13.2 Å². The van der Waals surface area contributed by atoms with Crippen LogP contribution in [0.3, 0.4) is 0 Å². The van der Waals surface area contributed by atoms with Crippen molar-refractivity contribution in [2.75, 3.05) is 11.8 Å². The Morgan fingerprint density at radius 3 is 2.75 bits per heavy atom. The molecule has 0 saturated heterocycles. The number of nitrogens with zero attached hydrogens (tertiary/aromatic N) is 1. The Morgan fingerprint density at radius 2 is 2.00 bits per heavy atom. The summed E-state index contributed by atoms with van der Waals surface area (Å²) in [6.07, 6.45) is 6.94. The summed E-state index contributed by atoms with van der Waals surface area (Å²) in [6, 6.07) is 13.1. The van der Waals surface area contributed by atoms with Gasteiger partial charge in [0.15, 0.2) is 0 Å². The van der Waals surface area contributed by atoms with Gasteiger partial charge in [-0.15, -0.1) is 6.42 Å². The van der Waals surface area contributed by atoms with Crippen LogP contribution in [0.15, 0.2) is 59.6 Å². The van der Waals surface area contributed by atoms with Crippen LogP contribution in [-0.4, -0.2) is 20.5 Å². The molecule has 0 aliphatic carbocycles. The van der Waals surface area contributed by atoms with E-state index in [0.717, 1.165) is 0 Å². The van der Waals surface area contributed by atoms with E-state index in [9.17, 15) is 8.42 Å². The quantitative estimate of drug-likeness (QED) is 0.743. The number of methoxy groups -OCH3 is 1. The molecule has 2 aromatic carbocycles. The molecule has 6 heteroatoms. The first-order valence-electron chi connectivity index (χ1n) is 7.06. The molecule has 1 heterocycles. The SMILES string of the molecule is C#Cc1cccc(NS(=O)(=O)c2ccc(OC)c3ncccc23)c1. The van der Waals surface area contributed by atoms with Crippen molar-refractivity contribution in [3.05, 3.63) is 60.3 Å². The highest BCUT2D eigenvalue weighted by atomic mass is 32.2. The smallest absolute Gasteiger partial charge is 0.262 e. The average molecular weight is 338 g/mol. The van der Waals surface area contributed by atoms with Gasteiger partial charge in [-0.3, -0.25) is 9.71 Å². The maximum absolute atomic E-state index is 12.8. The molecule has 0 fully saturated rings. The molecule has 0 atom stereocenters. The zero-order chi connectivity index (χ0) is 17.2. The summed E-state index contributed by atoms with van der Waals surface area (Å²) in [6.45, 7) is 0. The summed E-state index contributed by atoms with van der Waals surface area (Å²) in [4.78, 5) is 4.34. The fourth-order valence-corrected chi connectivity index (χ4v) is 3.65. The van der Waals surface area contributed by atoms with Gasteiger partial charge in [-0.1, -0.05) is 12.0 Å². The Balaban J connectivity index is 2.10. The molecule has 0 amide bonds. The minimum atomic E-state index is -3.80. The zero-order valence-corrected chi connectivity index (χ0v) is 13.7. The van der Waals surface area contributed by atoms with Crippen molar-refractivity contribution in [2.24, 2.45) is 0 Å². The number of pyridine rings is 1. The van der Waals surface area contributed by atoms with E-state index in [1.54, 1.807) is 48.7 Å². The fourth-order valence-electron chi connectivity index (χ4n) is 2.40. The number of benzene rings is 2. The van der Waals surface area contributed by atoms with Gasteiger partial charge in [0.2, 0.25) is 0 Å². The number of aromatic nitrogens is 1. The second-order valence-corrected chi connectivity index (χ2v) is 6.65. The van der Waals surface area contributed by atoms with Crippen molar-refractivity contribution in [3.63, 3.8) is 0 Å². The molecule has 120 valence electrons. The summed E-state index contributed by atoms with van der Waals surface area (Å²) >= 11 is 0. The molecule has 0 aliphatic heterocycles. The molecule has 24 heavy (non-hydrogen) atoms. The highest BCUT2D eigenvalue weighted by Crippen LogP contribution is 2.30. The molecule has 0 bridgehead atoms. The van der Waals surface area contributed by atoms with E-state index in [-0.39, 0.29) is 4.90 Å². The molecule has 0 aliphatic rings. The molecule has 1 aromatic heterocycles. The number of fused-ring (bicyclic) bond motifs is 1. The van der Waals surface area contributed by atoms with E-state index in [4.69, 9.17) is 11.2 Å². The number of ether oxygens (including phenoxy) is 1. The van der Waals surface area contributed by atoms with Crippen molar-refractivity contribution in [1.29, 1.82) is 0 Å². The number of rotatable bonds is 4. The van der Waals surface area contributed by atoms with Crippen LogP contribution in [0.25, 0.3) is 10.9 Å². The first-order valence-corrected chi connectivity index (χ1v) is 8.54. The second kappa shape index (κ2) is 6.22. The lowest BCUT2D eigenvalue weighted by molar-refractivity contribution is 0.418. The van der Waals surface area contributed by atoms with Crippen molar-refractivity contribution >= 4 is 26.6 Å². The van der Waals surface area contributed by atoms with Gasteiger partial charge in [0.25, 0.3) is 10.0 Å². The van der Waals surface area contributed by atoms with Gasteiger partial charge in [0.05, 0.1) is 17.7 Å². The molecule has 3 aromatic rings. The topological polar surface area (TPSA) is 68.3 Å². The monoisotopic (exact) mass is 338 g/mol. The number of terminal acetylenes is 1. The lowest BCUT2D eigenvalue weighted by Gasteiger charge is -2.12. The standard InChI is InChI=1S/C18H14N2O3S/c1-3-13-6-4-7-14(12-13)20-24(21,22)17-10-9-16(23-2)18-15(17)8-5-11-19-18/h1,4-12,20H,2H3. The van der Waals surface area contributed by atoms with Crippen LogP contribution in [-0.2, 0) is 10.0 Å². The predicted molar refractivity (Wildman–Crippen MR) is 93.5 cm³/mol. The lowest BCUT2D eigenvalue weighted by atomic mass is 10.2. The largest absolute Gasteiger partial charge is 0.494 e. The normalized spacial score (nSPS) is 11.0. The van der Waals surface area contributed by atoms with Gasteiger partial charge in [-0.05, 0) is 42.5 Å². The average Bonchev–Trinajstić information content (AvgIpc) is 2.60. The number of hydrogen-bond donors (Lipinski definition) is 1. The van der Waals surface area contributed by atoms with Gasteiger partial charge >= 0.3 is 0 Å². The molecule has 0 unspecified atom stereocenters. The van der Waals surface area contributed by atoms with Gasteiger partial charge in [-0.2, -0.15) is 0 Å². The summed E-state index contributed by atoms with van der Waals surface area (Å²) < 4.78 is 33.4. The third kappa shape index (κ3) is 2.90. The first kappa shape index (κ1) is 15.8. The van der Waals surface area contributed by atoms with Gasteiger partial charge < -0.3 is 4.74 Å². The Bertz CT molecular complexity index is 1050. The minimum absolute atomic E-state index is 0.123. The van der Waals surface area contributed by atoms with Crippen molar-refractivity contribution in [1.82, 2.24) is 4.98 Å². The molecule has 5 nitrogen and oxygen atoms in total. The number of sulfonamides is 1. The summed E-state index contributed by atoms with van der Waals surface area (Å²) in [5.74, 6) is 2.99. The second-order valence-electron chi connectivity index (χ2n) is 5.00. The highest BCUT2D eigenvalue weighted by molar-refractivity contribution is 7.93. The van der Waals surface area contributed by atoms with E-state index < -0.39 is 10.0 Å². The molecule has 1 N–H and O–H groups in total. The Morgan fingerprint density at radius 1 is 1.17 bits per heavy atom. The minimum Gasteiger partial charge on any atom is -0.494 e. The Kier molecular flexibility index (Phi) is 4.11. The highest BCUT2D eigenvalue weighted by Gasteiger charge is 2.19.